The molecule has 0 nitrogen and oxygen atoms in total. The van der Waals surface area contributed by atoms with E-state index in [1.165, 1.54) is 12.8 Å². The summed E-state index contributed by atoms with van der Waals surface area (Å²) in [4.78, 5) is 0. The van der Waals surface area contributed by atoms with Crippen molar-refractivity contribution in [3.63, 3.8) is 0 Å². The molecule has 0 aliphatic heterocycles. The van der Waals surface area contributed by atoms with Crippen molar-refractivity contribution in [2.75, 3.05) is 0 Å². The van der Waals surface area contributed by atoms with Crippen LogP contribution < -0.4 is 0 Å². The molecule has 2 aliphatic rings. The average Bonchev–Trinajstić information content (AvgIpc) is 2.49. The molecule has 0 heteroatoms. The summed E-state index contributed by atoms with van der Waals surface area (Å²) in [6.07, 6.45) is 9.15. The molecule has 4 atom stereocenters. The van der Waals surface area contributed by atoms with Gasteiger partial charge in [0, 0.05) is 0 Å². The fourth-order valence-electron chi connectivity index (χ4n) is 3.59. The molecule has 0 saturated heterocycles. The highest BCUT2D eigenvalue weighted by atomic mass is 14.4. The van der Waals surface area contributed by atoms with Gasteiger partial charge in [-0.25, -0.2) is 0 Å². The van der Waals surface area contributed by atoms with Crippen molar-refractivity contribution in [3.8, 4) is 0 Å². The number of hydrogen-bond acceptors (Lipinski definition) is 0. The zero-order valence-electron chi connectivity index (χ0n) is 8.55. The van der Waals surface area contributed by atoms with Crippen LogP contribution in [0.5, 0.6) is 0 Å². The standard InChI is InChI=1S/C12H22/c1-3-10-8-12-6-4-5-11(12)7-9(10)2/h9-12H,3-8H2,1-2H3. The Morgan fingerprint density at radius 3 is 2.42 bits per heavy atom. The fraction of sp³-hybridized carbons (Fsp3) is 1.00. The van der Waals surface area contributed by atoms with Crippen LogP contribution in [-0.2, 0) is 0 Å². The Balaban J connectivity index is 1.98. The molecule has 12 heavy (non-hydrogen) atoms. The lowest BCUT2D eigenvalue weighted by atomic mass is 9.69. The predicted molar refractivity (Wildman–Crippen MR) is 53.0 cm³/mol. The van der Waals surface area contributed by atoms with Gasteiger partial charge in [-0.15, -0.1) is 0 Å². The molecule has 70 valence electrons. The average molecular weight is 166 g/mol. The molecule has 0 aromatic heterocycles. The molecule has 0 heterocycles. The van der Waals surface area contributed by atoms with E-state index in [0.29, 0.717) is 0 Å². The van der Waals surface area contributed by atoms with E-state index >= 15 is 0 Å². The van der Waals surface area contributed by atoms with Crippen molar-refractivity contribution >= 4 is 0 Å². The molecular formula is C12H22. The summed E-state index contributed by atoms with van der Waals surface area (Å²) in [5.74, 6) is 4.34. The monoisotopic (exact) mass is 166 g/mol. The Hall–Kier alpha value is 0. The molecule has 0 amide bonds. The summed E-state index contributed by atoms with van der Waals surface area (Å²) >= 11 is 0. The minimum Gasteiger partial charge on any atom is -0.0651 e. The van der Waals surface area contributed by atoms with E-state index in [1.54, 1.807) is 25.7 Å². The summed E-state index contributed by atoms with van der Waals surface area (Å²) in [6.45, 7) is 4.85. The Morgan fingerprint density at radius 1 is 1.08 bits per heavy atom. The van der Waals surface area contributed by atoms with Gasteiger partial charge in [0.15, 0.2) is 0 Å². The maximum Gasteiger partial charge on any atom is -0.0383 e. The first-order valence-electron chi connectivity index (χ1n) is 5.81. The minimum absolute atomic E-state index is 1.02. The molecule has 0 aromatic rings. The fourth-order valence-corrected chi connectivity index (χ4v) is 3.59. The van der Waals surface area contributed by atoms with Crippen LogP contribution in [0.4, 0.5) is 0 Å². The minimum atomic E-state index is 1.02. The molecule has 2 aliphatic carbocycles. The summed E-state index contributed by atoms with van der Waals surface area (Å²) < 4.78 is 0. The molecule has 0 N–H and O–H groups in total. The van der Waals surface area contributed by atoms with Gasteiger partial charge < -0.3 is 0 Å². The second kappa shape index (κ2) is 3.40. The van der Waals surface area contributed by atoms with Crippen molar-refractivity contribution in [3.05, 3.63) is 0 Å². The highest BCUT2D eigenvalue weighted by Crippen LogP contribution is 2.47. The van der Waals surface area contributed by atoms with Gasteiger partial charge in [-0.05, 0) is 36.5 Å². The van der Waals surface area contributed by atoms with Crippen LogP contribution in [0, 0.1) is 23.7 Å². The van der Waals surface area contributed by atoms with Crippen LogP contribution in [0.25, 0.3) is 0 Å². The first kappa shape index (κ1) is 8.59. The highest BCUT2D eigenvalue weighted by Gasteiger charge is 2.36. The third-order valence-corrected chi connectivity index (χ3v) is 4.43. The lowest BCUT2D eigenvalue weighted by Gasteiger charge is -2.36. The SMILES string of the molecule is CCC1CC2CCCC2CC1C. The largest absolute Gasteiger partial charge is 0.0651 e. The van der Waals surface area contributed by atoms with Gasteiger partial charge in [0.2, 0.25) is 0 Å². The van der Waals surface area contributed by atoms with Crippen molar-refractivity contribution in [1.29, 1.82) is 0 Å². The second-order valence-corrected chi connectivity index (χ2v) is 5.07. The van der Waals surface area contributed by atoms with E-state index in [9.17, 15) is 0 Å². The van der Waals surface area contributed by atoms with Crippen molar-refractivity contribution in [2.45, 2.75) is 52.4 Å². The smallest absolute Gasteiger partial charge is 0.0383 e. The summed E-state index contributed by atoms with van der Waals surface area (Å²) in [5.41, 5.74) is 0. The van der Waals surface area contributed by atoms with E-state index in [2.05, 4.69) is 13.8 Å². The predicted octanol–water partition coefficient (Wildman–Crippen LogP) is 3.86. The van der Waals surface area contributed by atoms with Gasteiger partial charge in [-0.1, -0.05) is 39.5 Å². The van der Waals surface area contributed by atoms with Crippen molar-refractivity contribution < 1.29 is 0 Å². The first-order chi connectivity index (χ1) is 5.81. The number of rotatable bonds is 1. The lowest BCUT2D eigenvalue weighted by Crippen LogP contribution is -2.27. The summed E-state index contributed by atoms with van der Waals surface area (Å²) in [7, 11) is 0. The molecule has 0 radical (unpaired) electrons. The molecule has 0 aromatic carbocycles. The van der Waals surface area contributed by atoms with E-state index < -0.39 is 0 Å². The van der Waals surface area contributed by atoms with E-state index in [4.69, 9.17) is 0 Å². The molecule has 2 rings (SSSR count). The van der Waals surface area contributed by atoms with Crippen molar-refractivity contribution in [1.82, 2.24) is 0 Å². The molecule has 4 unspecified atom stereocenters. The summed E-state index contributed by atoms with van der Waals surface area (Å²) in [5, 5.41) is 0. The highest BCUT2D eigenvalue weighted by molar-refractivity contribution is 4.87. The van der Waals surface area contributed by atoms with Gasteiger partial charge in [0.25, 0.3) is 0 Å². The molecule has 0 spiro atoms. The zero-order chi connectivity index (χ0) is 8.55. The summed E-state index contributed by atoms with van der Waals surface area (Å²) in [6, 6.07) is 0. The molecule has 0 bridgehead atoms. The van der Waals surface area contributed by atoms with Gasteiger partial charge in [0.05, 0.1) is 0 Å². The van der Waals surface area contributed by atoms with Crippen LogP contribution in [0.1, 0.15) is 52.4 Å². The number of hydrogen-bond donors (Lipinski definition) is 0. The lowest BCUT2D eigenvalue weighted by molar-refractivity contribution is 0.141. The van der Waals surface area contributed by atoms with Gasteiger partial charge in [-0.2, -0.15) is 0 Å². The van der Waals surface area contributed by atoms with E-state index in [-0.39, 0.29) is 0 Å². The van der Waals surface area contributed by atoms with Gasteiger partial charge in [0.1, 0.15) is 0 Å². The topological polar surface area (TPSA) is 0 Å². The van der Waals surface area contributed by atoms with Crippen LogP contribution in [0.15, 0.2) is 0 Å². The Bertz CT molecular complexity index is 150. The normalized spacial score (nSPS) is 47.5. The Morgan fingerprint density at radius 2 is 1.75 bits per heavy atom. The number of fused-ring (bicyclic) bond motifs is 1. The first-order valence-corrected chi connectivity index (χ1v) is 5.81. The Labute approximate surface area is 76.7 Å². The van der Waals surface area contributed by atoms with E-state index in [1.807, 2.05) is 0 Å². The second-order valence-electron chi connectivity index (χ2n) is 5.07. The zero-order valence-corrected chi connectivity index (χ0v) is 8.55. The third-order valence-electron chi connectivity index (χ3n) is 4.43. The molecule has 2 saturated carbocycles. The Kier molecular flexibility index (Phi) is 2.43. The van der Waals surface area contributed by atoms with Crippen LogP contribution in [-0.4, -0.2) is 0 Å². The van der Waals surface area contributed by atoms with Crippen molar-refractivity contribution in [2.24, 2.45) is 23.7 Å². The van der Waals surface area contributed by atoms with Crippen LogP contribution in [0.3, 0.4) is 0 Å². The molecule has 2 fully saturated rings. The maximum absolute atomic E-state index is 2.47. The van der Waals surface area contributed by atoms with Crippen LogP contribution >= 0.6 is 0 Å². The van der Waals surface area contributed by atoms with Gasteiger partial charge in [-0.3, -0.25) is 0 Å². The van der Waals surface area contributed by atoms with E-state index in [0.717, 1.165) is 23.7 Å². The quantitative estimate of drug-likeness (QED) is 0.555. The third kappa shape index (κ3) is 1.41. The van der Waals surface area contributed by atoms with Gasteiger partial charge >= 0.3 is 0 Å². The van der Waals surface area contributed by atoms with Crippen LogP contribution in [0.2, 0.25) is 0 Å². The molecular weight excluding hydrogens is 144 g/mol. The maximum atomic E-state index is 2.47.